The van der Waals surface area contributed by atoms with Gasteiger partial charge in [0.15, 0.2) is 0 Å². The third-order valence-corrected chi connectivity index (χ3v) is 3.52. The van der Waals surface area contributed by atoms with E-state index in [4.69, 9.17) is 4.74 Å². The lowest BCUT2D eigenvalue weighted by Crippen LogP contribution is -2.13. The van der Waals surface area contributed by atoms with Crippen LogP contribution in [0.25, 0.3) is 0 Å². The summed E-state index contributed by atoms with van der Waals surface area (Å²) in [5, 5.41) is 3.95. The summed E-state index contributed by atoms with van der Waals surface area (Å²) in [6, 6.07) is 0. The number of rotatable bonds is 8. The Balaban J connectivity index is 2.37. The molecule has 0 amide bonds. The molecular weight excluding hydrogens is 222 g/mol. The summed E-state index contributed by atoms with van der Waals surface area (Å²) in [4.78, 5) is 4.28. The van der Waals surface area contributed by atoms with E-state index in [1.165, 1.54) is 0 Å². The van der Waals surface area contributed by atoms with E-state index < -0.39 is 0 Å². The van der Waals surface area contributed by atoms with Crippen LogP contribution >= 0.6 is 11.8 Å². The Morgan fingerprint density at radius 3 is 3.12 bits per heavy atom. The van der Waals surface area contributed by atoms with Crippen molar-refractivity contribution in [2.24, 2.45) is 0 Å². The number of hydrogen-bond acceptors (Lipinski definition) is 4. The highest BCUT2D eigenvalue weighted by Gasteiger charge is 2.04. The predicted octanol–water partition coefficient (Wildman–Crippen LogP) is 2.08. The summed E-state index contributed by atoms with van der Waals surface area (Å²) in [5.41, 5.74) is 0. The summed E-state index contributed by atoms with van der Waals surface area (Å²) in [7, 11) is 1.70. The zero-order valence-electron chi connectivity index (χ0n) is 10.3. The molecule has 0 aromatic carbocycles. The number of aryl methyl sites for hydroxylation is 1. The molecule has 16 heavy (non-hydrogen) atoms. The monoisotopic (exact) mass is 243 g/mol. The Bertz CT molecular complexity index is 291. The first-order valence-corrected chi connectivity index (χ1v) is 6.83. The van der Waals surface area contributed by atoms with Gasteiger partial charge in [-0.05, 0) is 12.7 Å². The lowest BCUT2D eigenvalue weighted by atomic mass is 10.3. The number of ether oxygens (including phenoxy) is 1. The van der Waals surface area contributed by atoms with Crippen molar-refractivity contribution < 1.29 is 4.74 Å². The summed E-state index contributed by atoms with van der Waals surface area (Å²) >= 11 is 1.90. The Kier molecular flexibility index (Phi) is 6.33. The fourth-order valence-electron chi connectivity index (χ4n) is 1.36. The van der Waals surface area contributed by atoms with Crippen LogP contribution in [0.3, 0.4) is 0 Å². The van der Waals surface area contributed by atoms with E-state index in [1.807, 2.05) is 24.2 Å². The number of hydrogen-bond donors (Lipinski definition) is 1. The minimum atomic E-state index is 0.689. The minimum Gasteiger partial charge on any atom is -0.383 e. The standard InChI is InChI=1S/C11H21N3OS/c1-10(16-3)4-7-14-8-5-12-11(14)13-6-9-15-2/h5,8,10H,4,6-7,9H2,1-3H3,(H,12,13). The van der Waals surface area contributed by atoms with Gasteiger partial charge in [-0.2, -0.15) is 11.8 Å². The zero-order chi connectivity index (χ0) is 11.8. The van der Waals surface area contributed by atoms with Gasteiger partial charge in [-0.3, -0.25) is 0 Å². The van der Waals surface area contributed by atoms with Gasteiger partial charge in [0.25, 0.3) is 0 Å². The van der Waals surface area contributed by atoms with Crippen molar-refractivity contribution in [3.05, 3.63) is 12.4 Å². The molecule has 1 rings (SSSR count). The summed E-state index contributed by atoms with van der Waals surface area (Å²) in [6.45, 7) is 4.76. The molecule has 4 nitrogen and oxygen atoms in total. The van der Waals surface area contributed by atoms with E-state index in [9.17, 15) is 0 Å². The fraction of sp³-hybridized carbons (Fsp3) is 0.727. The Morgan fingerprint density at radius 2 is 2.44 bits per heavy atom. The van der Waals surface area contributed by atoms with E-state index in [2.05, 4.69) is 28.0 Å². The topological polar surface area (TPSA) is 39.1 Å². The van der Waals surface area contributed by atoms with Gasteiger partial charge in [-0.25, -0.2) is 4.98 Å². The highest BCUT2D eigenvalue weighted by molar-refractivity contribution is 7.99. The molecule has 0 spiro atoms. The van der Waals surface area contributed by atoms with Crippen molar-refractivity contribution >= 4 is 17.7 Å². The second-order valence-electron chi connectivity index (χ2n) is 3.70. The Morgan fingerprint density at radius 1 is 1.62 bits per heavy atom. The van der Waals surface area contributed by atoms with Crippen LogP contribution in [-0.2, 0) is 11.3 Å². The minimum absolute atomic E-state index is 0.689. The van der Waals surface area contributed by atoms with Crippen molar-refractivity contribution in [2.75, 3.05) is 31.8 Å². The molecule has 0 saturated heterocycles. The van der Waals surface area contributed by atoms with Crippen molar-refractivity contribution in [3.63, 3.8) is 0 Å². The van der Waals surface area contributed by atoms with Crippen LogP contribution in [0.2, 0.25) is 0 Å². The first-order chi connectivity index (χ1) is 7.77. The number of nitrogens with one attached hydrogen (secondary N) is 1. The normalized spacial score (nSPS) is 12.7. The van der Waals surface area contributed by atoms with E-state index in [-0.39, 0.29) is 0 Å². The smallest absolute Gasteiger partial charge is 0.202 e. The van der Waals surface area contributed by atoms with Crippen LogP contribution in [0, 0.1) is 0 Å². The molecule has 1 unspecified atom stereocenters. The lowest BCUT2D eigenvalue weighted by Gasteiger charge is -2.12. The molecular formula is C11H21N3OS. The molecule has 0 aliphatic carbocycles. The maximum absolute atomic E-state index is 4.99. The third-order valence-electron chi connectivity index (χ3n) is 2.48. The van der Waals surface area contributed by atoms with Gasteiger partial charge in [-0.15, -0.1) is 0 Å². The predicted molar refractivity (Wildman–Crippen MR) is 70.2 cm³/mol. The molecule has 0 fully saturated rings. The van der Waals surface area contributed by atoms with Gasteiger partial charge < -0.3 is 14.6 Å². The van der Waals surface area contributed by atoms with Crippen LogP contribution in [-0.4, -0.2) is 41.3 Å². The average Bonchev–Trinajstić information content (AvgIpc) is 2.74. The summed E-state index contributed by atoms with van der Waals surface area (Å²) in [5.74, 6) is 0.936. The van der Waals surface area contributed by atoms with Crippen LogP contribution in [0.15, 0.2) is 12.4 Å². The quantitative estimate of drug-likeness (QED) is 0.710. The average molecular weight is 243 g/mol. The molecule has 1 N–H and O–H groups in total. The van der Waals surface area contributed by atoms with E-state index in [0.29, 0.717) is 11.9 Å². The maximum Gasteiger partial charge on any atom is 0.202 e. The Labute approximate surface area is 102 Å². The molecule has 0 saturated carbocycles. The Hall–Kier alpha value is -0.680. The van der Waals surface area contributed by atoms with Crippen molar-refractivity contribution in [2.45, 2.75) is 25.1 Å². The van der Waals surface area contributed by atoms with Crippen molar-refractivity contribution in [3.8, 4) is 0 Å². The van der Waals surface area contributed by atoms with E-state index in [0.717, 1.165) is 25.5 Å². The van der Waals surface area contributed by atoms with E-state index in [1.54, 1.807) is 7.11 Å². The van der Waals surface area contributed by atoms with Crippen LogP contribution in [0.5, 0.6) is 0 Å². The second-order valence-corrected chi connectivity index (χ2v) is 4.97. The van der Waals surface area contributed by atoms with Gasteiger partial charge in [0.1, 0.15) is 0 Å². The summed E-state index contributed by atoms with van der Waals surface area (Å²) in [6.07, 6.45) is 7.16. The first kappa shape index (κ1) is 13.4. The molecule has 1 atom stereocenters. The first-order valence-electron chi connectivity index (χ1n) is 5.54. The number of anilines is 1. The largest absolute Gasteiger partial charge is 0.383 e. The van der Waals surface area contributed by atoms with Crippen LogP contribution in [0.4, 0.5) is 5.95 Å². The van der Waals surface area contributed by atoms with Gasteiger partial charge in [0.05, 0.1) is 6.61 Å². The molecule has 92 valence electrons. The second kappa shape index (κ2) is 7.57. The number of imidazole rings is 1. The van der Waals surface area contributed by atoms with E-state index >= 15 is 0 Å². The van der Waals surface area contributed by atoms with Crippen molar-refractivity contribution in [1.82, 2.24) is 9.55 Å². The fourth-order valence-corrected chi connectivity index (χ4v) is 1.70. The molecule has 0 aliphatic rings. The SMILES string of the molecule is COCCNc1nccn1CCC(C)SC. The molecule has 1 aromatic rings. The highest BCUT2D eigenvalue weighted by atomic mass is 32.2. The molecule has 0 aliphatic heterocycles. The van der Waals surface area contributed by atoms with Crippen LogP contribution in [0.1, 0.15) is 13.3 Å². The van der Waals surface area contributed by atoms with Crippen LogP contribution < -0.4 is 5.32 Å². The maximum atomic E-state index is 4.99. The molecule has 0 radical (unpaired) electrons. The molecule has 1 aromatic heterocycles. The van der Waals surface area contributed by atoms with Gasteiger partial charge >= 0.3 is 0 Å². The van der Waals surface area contributed by atoms with Crippen molar-refractivity contribution in [1.29, 1.82) is 0 Å². The number of nitrogens with zero attached hydrogens (tertiary/aromatic N) is 2. The molecule has 5 heteroatoms. The third kappa shape index (κ3) is 4.45. The van der Waals surface area contributed by atoms with Gasteiger partial charge in [0, 0.05) is 37.8 Å². The number of thioether (sulfide) groups is 1. The van der Waals surface area contributed by atoms with Gasteiger partial charge in [0.2, 0.25) is 5.95 Å². The number of aromatic nitrogens is 2. The van der Waals surface area contributed by atoms with Gasteiger partial charge in [-0.1, -0.05) is 6.92 Å². The lowest BCUT2D eigenvalue weighted by molar-refractivity contribution is 0.210. The highest BCUT2D eigenvalue weighted by Crippen LogP contribution is 2.13. The molecule has 1 heterocycles. The molecule has 0 bridgehead atoms. The summed E-state index contributed by atoms with van der Waals surface area (Å²) < 4.78 is 7.15. The number of methoxy groups -OCH3 is 1. The zero-order valence-corrected chi connectivity index (χ0v) is 11.1.